The second-order valence-corrected chi connectivity index (χ2v) is 4.74. The van der Waals surface area contributed by atoms with E-state index < -0.39 is 6.04 Å². The number of benzene rings is 1. The van der Waals surface area contributed by atoms with Gasteiger partial charge in [-0.05, 0) is 25.3 Å². The average molecular weight is 248 g/mol. The van der Waals surface area contributed by atoms with Crippen LogP contribution in [0.1, 0.15) is 31.4 Å². The Kier molecular flexibility index (Phi) is 4.33. The summed E-state index contributed by atoms with van der Waals surface area (Å²) in [7, 11) is 0. The summed E-state index contributed by atoms with van der Waals surface area (Å²) in [6.07, 6.45) is 2.19. The lowest BCUT2D eigenvalue weighted by Gasteiger charge is -2.22. The van der Waals surface area contributed by atoms with E-state index in [0.717, 1.165) is 25.0 Å². The van der Waals surface area contributed by atoms with Crippen molar-refractivity contribution in [3.05, 3.63) is 35.9 Å². The molecule has 0 bridgehead atoms. The predicted molar refractivity (Wildman–Crippen MR) is 69.9 cm³/mol. The zero-order valence-electron chi connectivity index (χ0n) is 10.6. The van der Waals surface area contributed by atoms with Crippen LogP contribution >= 0.6 is 0 Å². The van der Waals surface area contributed by atoms with Crippen LogP contribution < -0.4 is 11.1 Å². The summed E-state index contributed by atoms with van der Waals surface area (Å²) < 4.78 is 5.55. The molecule has 3 N–H and O–H groups in total. The molecule has 0 spiro atoms. The van der Waals surface area contributed by atoms with Gasteiger partial charge in [0.1, 0.15) is 6.04 Å². The van der Waals surface area contributed by atoms with Gasteiger partial charge in [-0.3, -0.25) is 4.79 Å². The molecule has 0 aliphatic carbocycles. The van der Waals surface area contributed by atoms with Crippen LogP contribution in [0.4, 0.5) is 0 Å². The van der Waals surface area contributed by atoms with Crippen molar-refractivity contribution in [2.75, 3.05) is 6.61 Å². The van der Waals surface area contributed by atoms with Crippen LogP contribution in [0.25, 0.3) is 0 Å². The van der Waals surface area contributed by atoms with E-state index in [-0.39, 0.29) is 18.1 Å². The smallest absolute Gasteiger partial charge is 0.241 e. The highest BCUT2D eigenvalue weighted by Gasteiger charge is 2.25. The van der Waals surface area contributed by atoms with Gasteiger partial charge in [0.25, 0.3) is 0 Å². The zero-order chi connectivity index (χ0) is 13.0. The standard InChI is InChI=1S/C14H20N2O2/c1-10(12-8-5-9-18-12)16-14(17)13(15)11-6-3-2-4-7-11/h2-4,6-7,10,12-13H,5,8-9,15H2,1H3,(H,16,17). The first kappa shape index (κ1) is 13.1. The Hall–Kier alpha value is -1.39. The molecule has 1 aromatic rings. The summed E-state index contributed by atoms with van der Waals surface area (Å²) in [6.45, 7) is 2.75. The Morgan fingerprint density at radius 3 is 2.78 bits per heavy atom. The van der Waals surface area contributed by atoms with Gasteiger partial charge in [0.2, 0.25) is 5.91 Å². The van der Waals surface area contributed by atoms with Crippen LogP contribution in [-0.4, -0.2) is 24.7 Å². The number of ether oxygens (including phenoxy) is 1. The number of hydrogen-bond acceptors (Lipinski definition) is 3. The molecule has 0 radical (unpaired) electrons. The molecular formula is C14H20N2O2. The van der Waals surface area contributed by atoms with Gasteiger partial charge in [-0.25, -0.2) is 0 Å². The van der Waals surface area contributed by atoms with Gasteiger partial charge in [0, 0.05) is 6.61 Å². The van der Waals surface area contributed by atoms with Crippen molar-refractivity contribution in [1.29, 1.82) is 0 Å². The highest BCUT2D eigenvalue weighted by molar-refractivity contribution is 5.83. The maximum atomic E-state index is 12.0. The molecule has 1 fully saturated rings. The first-order valence-electron chi connectivity index (χ1n) is 6.41. The lowest BCUT2D eigenvalue weighted by molar-refractivity contribution is -0.124. The Labute approximate surface area is 108 Å². The third-order valence-electron chi connectivity index (χ3n) is 3.33. The number of hydrogen-bond donors (Lipinski definition) is 2. The first-order valence-corrected chi connectivity index (χ1v) is 6.41. The molecule has 1 aliphatic heterocycles. The van der Waals surface area contributed by atoms with Crippen LogP contribution in [0.5, 0.6) is 0 Å². The molecule has 4 nitrogen and oxygen atoms in total. The quantitative estimate of drug-likeness (QED) is 0.846. The molecule has 1 saturated heterocycles. The molecular weight excluding hydrogens is 228 g/mol. The van der Waals surface area contributed by atoms with Crippen LogP contribution in [0.2, 0.25) is 0 Å². The van der Waals surface area contributed by atoms with Crippen LogP contribution in [0.15, 0.2) is 30.3 Å². The number of nitrogens with two attached hydrogens (primary N) is 1. The highest BCUT2D eigenvalue weighted by atomic mass is 16.5. The van der Waals surface area contributed by atoms with Gasteiger partial charge in [-0.1, -0.05) is 30.3 Å². The summed E-state index contributed by atoms with van der Waals surface area (Å²) >= 11 is 0. The average Bonchev–Trinajstić information content (AvgIpc) is 2.92. The molecule has 1 aromatic carbocycles. The van der Waals surface area contributed by atoms with Gasteiger partial charge in [0.05, 0.1) is 12.1 Å². The molecule has 1 heterocycles. The van der Waals surface area contributed by atoms with Crippen molar-refractivity contribution in [3.8, 4) is 0 Å². The van der Waals surface area contributed by atoms with Gasteiger partial charge in [-0.15, -0.1) is 0 Å². The van der Waals surface area contributed by atoms with Gasteiger partial charge in [0.15, 0.2) is 0 Å². The summed E-state index contributed by atoms with van der Waals surface area (Å²) in [4.78, 5) is 12.0. The number of rotatable bonds is 4. The van der Waals surface area contributed by atoms with Gasteiger partial charge in [-0.2, -0.15) is 0 Å². The predicted octanol–water partition coefficient (Wildman–Crippen LogP) is 1.37. The Morgan fingerprint density at radius 2 is 2.17 bits per heavy atom. The molecule has 2 rings (SSSR count). The molecule has 0 saturated carbocycles. The Balaban J connectivity index is 1.91. The molecule has 3 atom stereocenters. The van der Waals surface area contributed by atoms with E-state index >= 15 is 0 Å². The fourth-order valence-corrected chi connectivity index (χ4v) is 2.22. The monoisotopic (exact) mass is 248 g/mol. The lowest BCUT2D eigenvalue weighted by atomic mass is 10.1. The number of amides is 1. The van der Waals surface area contributed by atoms with E-state index in [1.54, 1.807) is 0 Å². The van der Waals surface area contributed by atoms with E-state index in [0.29, 0.717) is 0 Å². The normalized spacial score (nSPS) is 22.4. The number of carbonyl (C=O) groups excluding carboxylic acids is 1. The third-order valence-corrected chi connectivity index (χ3v) is 3.33. The third kappa shape index (κ3) is 3.09. The molecule has 98 valence electrons. The first-order chi connectivity index (χ1) is 8.68. The maximum absolute atomic E-state index is 12.0. The highest BCUT2D eigenvalue weighted by Crippen LogP contribution is 2.16. The Morgan fingerprint density at radius 1 is 1.44 bits per heavy atom. The molecule has 4 heteroatoms. The fraction of sp³-hybridized carbons (Fsp3) is 0.500. The van der Waals surface area contributed by atoms with Crippen molar-refractivity contribution in [3.63, 3.8) is 0 Å². The molecule has 18 heavy (non-hydrogen) atoms. The largest absolute Gasteiger partial charge is 0.376 e. The van der Waals surface area contributed by atoms with Crippen LogP contribution in [0.3, 0.4) is 0 Å². The van der Waals surface area contributed by atoms with Crippen LogP contribution in [0, 0.1) is 0 Å². The molecule has 0 aromatic heterocycles. The van der Waals surface area contributed by atoms with Crippen LogP contribution in [-0.2, 0) is 9.53 Å². The van der Waals surface area contributed by atoms with Crippen molar-refractivity contribution in [2.24, 2.45) is 5.73 Å². The van der Waals surface area contributed by atoms with Crippen molar-refractivity contribution >= 4 is 5.91 Å². The molecule has 1 aliphatic rings. The van der Waals surface area contributed by atoms with E-state index in [1.807, 2.05) is 37.3 Å². The van der Waals surface area contributed by atoms with Gasteiger partial charge < -0.3 is 15.8 Å². The SMILES string of the molecule is CC(NC(=O)C(N)c1ccccc1)C1CCCO1. The van der Waals surface area contributed by atoms with E-state index in [4.69, 9.17) is 10.5 Å². The van der Waals surface area contributed by atoms with Crippen molar-refractivity contribution < 1.29 is 9.53 Å². The summed E-state index contributed by atoms with van der Waals surface area (Å²) in [5, 5.41) is 2.93. The number of nitrogens with one attached hydrogen (secondary N) is 1. The van der Waals surface area contributed by atoms with Crippen molar-refractivity contribution in [1.82, 2.24) is 5.32 Å². The zero-order valence-corrected chi connectivity index (χ0v) is 10.6. The second kappa shape index (κ2) is 5.98. The Bertz CT molecular complexity index is 388. The minimum absolute atomic E-state index is 0.00904. The molecule has 1 amide bonds. The lowest BCUT2D eigenvalue weighted by Crippen LogP contribution is -2.44. The minimum atomic E-state index is -0.616. The minimum Gasteiger partial charge on any atom is -0.376 e. The number of carbonyl (C=O) groups is 1. The maximum Gasteiger partial charge on any atom is 0.241 e. The summed E-state index contributed by atoms with van der Waals surface area (Å²) in [6, 6.07) is 8.79. The van der Waals surface area contributed by atoms with Crippen molar-refractivity contribution in [2.45, 2.75) is 38.0 Å². The summed E-state index contributed by atoms with van der Waals surface area (Å²) in [5.74, 6) is -0.149. The molecule has 3 unspecified atom stereocenters. The van der Waals surface area contributed by atoms with E-state index in [1.165, 1.54) is 0 Å². The van der Waals surface area contributed by atoms with Gasteiger partial charge >= 0.3 is 0 Å². The second-order valence-electron chi connectivity index (χ2n) is 4.74. The topological polar surface area (TPSA) is 64.4 Å². The fourth-order valence-electron chi connectivity index (χ4n) is 2.22. The summed E-state index contributed by atoms with van der Waals surface area (Å²) in [5.41, 5.74) is 6.76. The van der Waals surface area contributed by atoms with E-state index in [9.17, 15) is 4.79 Å². The van der Waals surface area contributed by atoms with E-state index in [2.05, 4.69) is 5.32 Å².